The average molecular weight is 459 g/mol. The lowest BCUT2D eigenvalue weighted by Gasteiger charge is -2.24. The molecule has 0 aliphatic carbocycles. The van der Waals surface area contributed by atoms with Gasteiger partial charge in [0.1, 0.15) is 23.9 Å². The fourth-order valence-electron chi connectivity index (χ4n) is 4.16. The van der Waals surface area contributed by atoms with Gasteiger partial charge in [0.25, 0.3) is 0 Å². The molecule has 0 bridgehead atoms. The van der Waals surface area contributed by atoms with Crippen LogP contribution in [0, 0.1) is 19.3 Å². The number of carbonyl (C=O) groups is 1. The zero-order valence-corrected chi connectivity index (χ0v) is 19.1. The fraction of sp³-hybridized carbons (Fsp3) is 0.240. The minimum atomic E-state index is -0.143. The number of aryl methyl sites for hydroxylation is 1. The molecule has 5 rings (SSSR count). The number of thiazole rings is 1. The van der Waals surface area contributed by atoms with Crippen molar-refractivity contribution in [3.63, 3.8) is 0 Å². The maximum Gasteiger partial charge on any atom is 0.226 e. The molecule has 1 aliphatic heterocycles. The van der Waals surface area contributed by atoms with Crippen LogP contribution in [0.2, 0.25) is 0 Å². The molecule has 1 amide bonds. The van der Waals surface area contributed by atoms with Crippen LogP contribution in [-0.4, -0.2) is 33.9 Å². The quantitative estimate of drug-likeness (QED) is 0.425. The van der Waals surface area contributed by atoms with Gasteiger partial charge >= 0.3 is 0 Å². The first-order valence-electron chi connectivity index (χ1n) is 10.7. The molecule has 0 saturated heterocycles. The van der Waals surface area contributed by atoms with Gasteiger partial charge in [-0.15, -0.1) is 6.42 Å². The van der Waals surface area contributed by atoms with Crippen LogP contribution in [0.15, 0.2) is 42.5 Å². The van der Waals surface area contributed by atoms with E-state index >= 15 is 0 Å². The zero-order chi connectivity index (χ0) is 22.9. The highest BCUT2D eigenvalue weighted by Crippen LogP contribution is 2.42. The maximum atomic E-state index is 12.7. The zero-order valence-electron chi connectivity index (χ0n) is 18.3. The number of fused-ring (bicyclic) bond motifs is 2. The van der Waals surface area contributed by atoms with Crippen LogP contribution < -0.4 is 14.8 Å². The molecule has 1 atom stereocenters. The van der Waals surface area contributed by atoms with E-state index in [4.69, 9.17) is 26.0 Å². The van der Waals surface area contributed by atoms with E-state index in [9.17, 15) is 4.79 Å². The molecular weight excluding hydrogens is 436 g/mol. The van der Waals surface area contributed by atoms with Crippen LogP contribution in [0.3, 0.4) is 0 Å². The molecule has 0 unspecified atom stereocenters. The van der Waals surface area contributed by atoms with Crippen molar-refractivity contribution in [3.05, 3.63) is 59.3 Å². The summed E-state index contributed by atoms with van der Waals surface area (Å²) >= 11 is 1.51. The number of terminal acetylenes is 1. The van der Waals surface area contributed by atoms with Crippen molar-refractivity contribution in [2.75, 3.05) is 18.5 Å². The maximum absolute atomic E-state index is 12.7. The van der Waals surface area contributed by atoms with Crippen molar-refractivity contribution in [2.24, 2.45) is 0 Å². The molecule has 166 valence electrons. The second-order valence-electron chi connectivity index (χ2n) is 7.69. The van der Waals surface area contributed by atoms with E-state index in [0.29, 0.717) is 29.7 Å². The summed E-state index contributed by atoms with van der Waals surface area (Å²) in [4.78, 5) is 17.5. The molecule has 4 aromatic rings. The van der Waals surface area contributed by atoms with Crippen molar-refractivity contribution >= 4 is 33.3 Å². The first-order valence-corrected chi connectivity index (χ1v) is 11.5. The van der Waals surface area contributed by atoms with Crippen molar-refractivity contribution in [2.45, 2.75) is 26.2 Å². The lowest BCUT2D eigenvalue weighted by atomic mass is 9.86. The van der Waals surface area contributed by atoms with E-state index in [1.807, 2.05) is 56.3 Å². The molecule has 0 radical (unpaired) electrons. The Kier molecular flexibility index (Phi) is 5.48. The Bertz CT molecular complexity index is 1400. The highest BCUT2D eigenvalue weighted by atomic mass is 32.1. The number of hydrogen-bond donors (Lipinski definition) is 1. The number of aromatic nitrogens is 3. The van der Waals surface area contributed by atoms with Gasteiger partial charge in [-0.05, 0) is 49.7 Å². The van der Waals surface area contributed by atoms with Gasteiger partial charge in [0.05, 0.1) is 22.5 Å². The Morgan fingerprint density at radius 2 is 2.09 bits per heavy atom. The fourth-order valence-corrected chi connectivity index (χ4v) is 5.11. The van der Waals surface area contributed by atoms with E-state index in [1.165, 1.54) is 11.3 Å². The Morgan fingerprint density at radius 3 is 2.91 bits per heavy atom. The lowest BCUT2D eigenvalue weighted by molar-refractivity contribution is -0.116. The van der Waals surface area contributed by atoms with Gasteiger partial charge in [0.2, 0.25) is 11.0 Å². The van der Waals surface area contributed by atoms with Crippen LogP contribution in [0.1, 0.15) is 36.1 Å². The summed E-state index contributed by atoms with van der Waals surface area (Å²) in [5.41, 5.74) is 3.67. The first-order chi connectivity index (χ1) is 16.1. The largest absolute Gasteiger partial charge is 0.494 e. The summed E-state index contributed by atoms with van der Waals surface area (Å²) < 4.78 is 13.9. The molecule has 33 heavy (non-hydrogen) atoms. The SMILES string of the molecule is C#CCOc1cccc([C@@H]2CC(=O)Nc3c2c(C)nn3-c2nc3ccc(OCC)cc3s2)c1. The third kappa shape index (κ3) is 3.92. The van der Waals surface area contributed by atoms with E-state index in [2.05, 4.69) is 11.2 Å². The number of ether oxygens (including phenoxy) is 2. The molecule has 2 aromatic heterocycles. The highest BCUT2D eigenvalue weighted by molar-refractivity contribution is 7.20. The number of nitrogens with zero attached hydrogens (tertiary/aromatic N) is 3. The lowest BCUT2D eigenvalue weighted by Crippen LogP contribution is -2.25. The molecule has 0 fully saturated rings. The number of nitrogens with one attached hydrogen (secondary N) is 1. The smallest absolute Gasteiger partial charge is 0.226 e. The van der Waals surface area contributed by atoms with Crippen molar-refractivity contribution in [3.8, 4) is 29.0 Å². The van der Waals surface area contributed by atoms with E-state index in [0.717, 1.165) is 32.8 Å². The average Bonchev–Trinajstić information content (AvgIpc) is 3.38. The topological polar surface area (TPSA) is 78.3 Å². The molecule has 3 heterocycles. The molecule has 1 N–H and O–H groups in total. The molecule has 8 heteroatoms. The van der Waals surface area contributed by atoms with Crippen LogP contribution in [0.5, 0.6) is 11.5 Å². The minimum absolute atomic E-state index is 0.0664. The Balaban J connectivity index is 1.57. The normalized spacial score (nSPS) is 15.1. The Hall–Kier alpha value is -3.83. The number of amides is 1. The molecule has 7 nitrogen and oxygen atoms in total. The van der Waals surface area contributed by atoms with Crippen LogP contribution in [0.4, 0.5) is 5.82 Å². The van der Waals surface area contributed by atoms with Crippen LogP contribution in [0.25, 0.3) is 15.3 Å². The Labute approximate surface area is 195 Å². The van der Waals surface area contributed by atoms with Crippen LogP contribution >= 0.6 is 11.3 Å². The third-order valence-corrected chi connectivity index (χ3v) is 6.52. The van der Waals surface area contributed by atoms with Gasteiger partial charge in [-0.25, -0.2) is 4.98 Å². The molecule has 1 aliphatic rings. The number of anilines is 1. The first kappa shape index (κ1) is 21.0. The summed E-state index contributed by atoms with van der Waals surface area (Å²) in [6.45, 7) is 4.71. The second kappa shape index (κ2) is 8.60. The van der Waals surface area contributed by atoms with Gasteiger partial charge in [0, 0.05) is 17.9 Å². The van der Waals surface area contributed by atoms with E-state index in [-0.39, 0.29) is 18.4 Å². The summed E-state index contributed by atoms with van der Waals surface area (Å²) in [7, 11) is 0. The predicted octanol–water partition coefficient (Wildman–Crippen LogP) is 4.68. The van der Waals surface area contributed by atoms with Crippen molar-refractivity contribution in [1.82, 2.24) is 14.8 Å². The summed E-state index contributed by atoms with van der Waals surface area (Å²) in [5.74, 6) is 4.41. The van der Waals surface area contributed by atoms with Gasteiger partial charge in [-0.3, -0.25) is 4.79 Å². The molecule has 0 spiro atoms. The summed E-state index contributed by atoms with van der Waals surface area (Å²) in [6, 6.07) is 13.5. The summed E-state index contributed by atoms with van der Waals surface area (Å²) in [5, 5.41) is 8.47. The number of rotatable bonds is 6. The van der Waals surface area contributed by atoms with Crippen molar-refractivity contribution < 1.29 is 14.3 Å². The van der Waals surface area contributed by atoms with Crippen LogP contribution in [-0.2, 0) is 4.79 Å². The van der Waals surface area contributed by atoms with E-state index < -0.39 is 0 Å². The molecule has 0 saturated carbocycles. The van der Waals surface area contributed by atoms with Crippen molar-refractivity contribution in [1.29, 1.82) is 0 Å². The highest BCUT2D eigenvalue weighted by Gasteiger charge is 2.33. The van der Waals surface area contributed by atoms with Gasteiger partial charge in [-0.2, -0.15) is 9.78 Å². The molecular formula is C25H22N4O3S. The number of hydrogen-bond acceptors (Lipinski definition) is 6. The van der Waals surface area contributed by atoms with Gasteiger partial charge in [-0.1, -0.05) is 29.4 Å². The predicted molar refractivity (Wildman–Crippen MR) is 129 cm³/mol. The minimum Gasteiger partial charge on any atom is -0.494 e. The standard InChI is InChI=1S/C25H22N4O3S/c1-4-11-32-17-8-6-7-16(12-17)19-14-22(30)27-24-23(19)15(3)28-29(24)25-26-20-10-9-18(31-5-2)13-21(20)33-25/h1,6-10,12-13,19H,5,11,14H2,2-3H3,(H,27,30)/t19-/m0/s1. The van der Waals surface area contributed by atoms with Gasteiger partial charge < -0.3 is 14.8 Å². The van der Waals surface area contributed by atoms with E-state index in [1.54, 1.807) is 4.68 Å². The number of benzene rings is 2. The summed E-state index contributed by atoms with van der Waals surface area (Å²) in [6.07, 6.45) is 5.65. The third-order valence-electron chi connectivity index (χ3n) is 5.53. The second-order valence-corrected chi connectivity index (χ2v) is 8.70. The monoisotopic (exact) mass is 458 g/mol. The van der Waals surface area contributed by atoms with Gasteiger partial charge in [0.15, 0.2) is 0 Å². The number of carbonyl (C=O) groups excluding carboxylic acids is 1. The molecule has 2 aromatic carbocycles. The Morgan fingerprint density at radius 1 is 1.24 bits per heavy atom.